The minimum Gasteiger partial charge on any atom is -0.331 e. The van der Waals surface area contributed by atoms with E-state index in [1.807, 2.05) is 25.1 Å². The Morgan fingerprint density at radius 2 is 2.00 bits per heavy atom. The van der Waals surface area contributed by atoms with Gasteiger partial charge in [-0.2, -0.15) is 0 Å². The number of carbonyl (C=O) groups is 1. The summed E-state index contributed by atoms with van der Waals surface area (Å²) in [7, 11) is 0. The minimum absolute atomic E-state index is 0.0178. The summed E-state index contributed by atoms with van der Waals surface area (Å²) in [6.07, 6.45) is 1.99. The van der Waals surface area contributed by atoms with Crippen molar-refractivity contribution in [3.63, 3.8) is 0 Å². The summed E-state index contributed by atoms with van der Waals surface area (Å²) in [6.45, 7) is 2.25. The van der Waals surface area contributed by atoms with Gasteiger partial charge in [0, 0.05) is 28.2 Å². The normalized spacial score (nSPS) is 14.0. The van der Waals surface area contributed by atoms with E-state index >= 15 is 0 Å². The monoisotopic (exact) mass is 361 g/mol. The molecule has 1 fully saturated rings. The summed E-state index contributed by atoms with van der Waals surface area (Å²) >= 11 is 3.41. The molecule has 22 heavy (non-hydrogen) atoms. The lowest BCUT2D eigenvalue weighted by Gasteiger charge is -2.24. The zero-order valence-corrected chi connectivity index (χ0v) is 13.9. The van der Waals surface area contributed by atoms with Crippen LogP contribution in [0, 0.1) is 12.7 Å². The summed E-state index contributed by atoms with van der Waals surface area (Å²) in [5.41, 5.74) is 2.18. The fourth-order valence-electron chi connectivity index (χ4n) is 2.58. The van der Waals surface area contributed by atoms with Gasteiger partial charge in [-0.3, -0.25) is 4.79 Å². The third-order valence-corrected chi connectivity index (χ3v) is 4.46. The van der Waals surface area contributed by atoms with Crippen LogP contribution in [-0.2, 0) is 6.54 Å². The maximum Gasteiger partial charge on any atom is 0.254 e. The Morgan fingerprint density at radius 1 is 1.27 bits per heavy atom. The van der Waals surface area contributed by atoms with Gasteiger partial charge >= 0.3 is 0 Å². The highest BCUT2D eigenvalue weighted by atomic mass is 79.9. The highest BCUT2D eigenvalue weighted by molar-refractivity contribution is 9.10. The molecule has 1 saturated carbocycles. The number of nitrogens with zero attached hydrogens (tertiary/aromatic N) is 1. The first-order chi connectivity index (χ1) is 10.6. The van der Waals surface area contributed by atoms with Crippen molar-refractivity contribution in [1.82, 2.24) is 4.90 Å². The standard InChI is InChI=1S/C18H17BrFNO/c1-12-10-14(19)6-9-16(12)18(22)21(15-7-8-15)11-13-4-2-3-5-17(13)20/h2-6,9-10,15H,7-8,11H2,1H3. The van der Waals surface area contributed by atoms with Gasteiger partial charge in [0.1, 0.15) is 5.82 Å². The number of hydrogen-bond donors (Lipinski definition) is 0. The Bertz CT molecular complexity index is 712. The van der Waals surface area contributed by atoms with Crippen molar-refractivity contribution in [2.45, 2.75) is 32.4 Å². The van der Waals surface area contributed by atoms with E-state index in [2.05, 4.69) is 15.9 Å². The number of benzene rings is 2. The van der Waals surface area contributed by atoms with Gasteiger partial charge in [-0.1, -0.05) is 34.1 Å². The first kappa shape index (κ1) is 15.2. The molecule has 114 valence electrons. The molecule has 1 aliphatic carbocycles. The molecule has 4 heteroatoms. The molecule has 2 aromatic carbocycles. The molecule has 0 radical (unpaired) electrons. The van der Waals surface area contributed by atoms with Crippen molar-refractivity contribution >= 4 is 21.8 Å². The van der Waals surface area contributed by atoms with E-state index in [0.717, 1.165) is 22.9 Å². The van der Waals surface area contributed by atoms with Crippen molar-refractivity contribution < 1.29 is 9.18 Å². The highest BCUT2D eigenvalue weighted by Crippen LogP contribution is 2.31. The molecule has 0 unspecified atom stereocenters. The fourth-order valence-corrected chi connectivity index (χ4v) is 3.06. The second-order valence-corrected chi connectivity index (χ2v) is 6.63. The molecule has 0 heterocycles. The fraction of sp³-hybridized carbons (Fsp3) is 0.278. The summed E-state index contributed by atoms with van der Waals surface area (Å²) in [4.78, 5) is 14.7. The quantitative estimate of drug-likeness (QED) is 0.772. The van der Waals surface area contributed by atoms with Crippen molar-refractivity contribution in [3.8, 4) is 0 Å². The molecule has 0 aliphatic heterocycles. The molecule has 0 aromatic heterocycles. The molecule has 1 amide bonds. The first-order valence-electron chi connectivity index (χ1n) is 7.37. The molecule has 0 atom stereocenters. The number of aryl methyl sites for hydroxylation is 1. The van der Waals surface area contributed by atoms with E-state index in [1.54, 1.807) is 23.1 Å². The highest BCUT2D eigenvalue weighted by Gasteiger charge is 2.33. The number of hydrogen-bond acceptors (Lipinski definition) is 1. The number of rotatable bonds is 4. The van der Waals surface area contributed by atoms with Crippen LogP contribution in [0.3, 0.4) is 0 Å². The predicted molar refractivity (Wildman–Crippen MR) is 88.2 cm³/mol. The van der Waals surface area contributed by atoms with Crippen molar-refractivity contribution in [2.75, 3.05) is 0 Å². The van der Waals surface area contributed by atoms with Crippen LogP contribution in [0.4, 0.5) is 4.39 Å². The predicted octanol–water partition coefficient (Wildman–Crippen LogP) is 4.70. The second-order valence-electron chi connectivity index (χ2n) is 5.71. The van der Waals surface area contributed by atoms with Crippen LogP contribution >= 0.6 is 15.9 Å². The first-order valence-corrected chi connectivity index (χ1v) is 8.16. The molecule has 2 aromatic rings. The molecule has 1 aliphatic rings. The topological polar surface area (TPSA) is 20.3 Å². The molecular formula is C18H17BrFNO. The Morgan fingerprint density at radius 3 is 2.64 bits per heavy atom. The molecule has 2 nitrogen and oxygen atoms in total. The maximum atomic E-state index is 13.9. The van der Waals surface area contributed by atoms with E-state index in [1.165, 1.54) is 6.07 Å². The van der Waals surface area contributed by atoms with Gasteiger partial charge in [0.25, 0.3) is 5.91 Å². The van der Waals surface area contributed by atoms with Crippen LogP contribution in [0.2, 0.25) is 0 Å². The van der Waals surface area contributed by atoms with Crippen LogP contribution in [0.15, 0.2) is 46.9 Å². The van der Waals surface area contributed by atoms with Gasteiger partial charge in [0.05, 0.1) is 0 Å². The average Bonchev–Trinajstić information content (AvgIpc) is 3.30. The lowest BCUT2D eigenvalue weighted by Crippen LogP contribution is -2.33. The van der Waals surface area contributed by atoms with Gasteiger partial charge in [-0.25, -0.2) is 4.39 Å². The Balaban J connectivity index is 1.88. The molecule has 0 spiro atoms. The van der Waals surface area contributed by atoms with E-state index in [0.29, 0.717) is 17.7 Å². The molecule has 3 rings (SSSR count). The Hall–Kier alpha value is -1.68. The third kappa shape index (κ3) is 3.22. The maximum absolute atomic E-state index is 13.9. The lowest BCUT2D eigenvalue weighted by molar-refractivity contribution is 0.0727. The van der Waals surface area contributed by atoms with Crippen LogP contribution < -0.4 is 0 Å². The summed E-state index contributed by atoms with van der Waals surface area (Å²) in [5.74, 6) is -0.274. The summed E-state index contributed by atoms with van der Waals surface area (Å²) in [5, 5.41) is 0. The zero-order chi connectivity index (χ0) is 15.7. The van der Waals surface area contributed by atoms with Gasteiger partial charge in [0.15, 0.2) is 0 Å². The molecule has 0 saturated heterocycles. The summed E-state index contributed by atoms with van der Waals surface area (Å²) in [6, 6.07) is 12.5. The Kier molecular flexibility index (Phi) is 4.30. The van der Waals surface area contributed by atoms with Gasteiger partial charge in [-0.05, 0) is 49.6 Å². The molecule has 0 N–H and O–H groups in total. The van der Waals surface area contributed by atoms with Crippen molar-refractivity contribution in [1.29, 1.82) is 0 Å². The second kappa shape index (κ2) is 6.21. The Labute approximate surface area is 138 Å². The van der Waals surface area contributed by atoms with Crippen LogP contribution in [-0.4, -0.2) is 16.8 Å². The van der Waals surface area contributed by atoms with E-state index in [9.17, 15) is 9.18 Å². The van der Waals surface area contributed by atoms with Crippen LogP contribution in [0.5, 0.6) is 0 Å². The van der Waals surface area contributed by atoms with Gasteiger partial charge in [-0.15, -0.1) is 0 Å². The van der Waals surface area contributed by atoms with Gasteiger partial charge < -0.3 is 4.90 Å². The molecular weight excluding hydrogens is 345 g/mol. The minimum atomic E-state index is -0.256. The van der Waals surface area contributed by atoms with E-state index < -0.39 is 0 Å². The number of carbonyl (C=O) groups excluding carboxylic acids is 1. The van der Waals surface area contributed by atoms with Crippen LogP contribution in [0.25, 0.3) is 0 Å². The number of halogens is 2. The average molecular weight is 362 g/mol. The van der Waals surface area contributed by atoms with Crippen molar-refractivity contribution in [2.24, 2.45) is 0 Å². The van der Waals surface area contributed by atoms with Crippen LogP contribution in [0.1, 0.15) is 34.3 Å². The third-order valence-electron chi connectivity index (χ3n) is 3.97. The molecule has 0 bridgehead atoms. The van der Waals surface area contributed by atoms with Gasteiger partial charge in [0.2, 0.25) is 0 Å². The van der Waals surface area contributed by atoms with E-state index in [-0.39, 0.29) is 17.8 Å². The van der Waals surface area contributed by atoms with E-state index in [4.69, 9.17) is 0 Å². The smallest absolute Gasteiger partial charge is 0.254 e. The number of amides is 1. The SMILES string of the molecule is Cc1cc(Br)ccc1C(=O)N(Cc1ccccc1F)C1CC1. The zero-order valence-electron chi connectivity index (χ0n) is 12.4. The van der Waals surface area contributed by atoms with Crippen molar-refractivity contribution in [3.05, 3.63) is 69.4 Å². The summed E-state index contributed by atoms with van der Waals surface area (Å²) < 4.78 is 14.8. The largest absolute Gasteiger partial charge is 0.331 e. The lowest BCUT2D eigenvalue weighted by atomic mass is 10.1.